The summed E-state index contributed by atoms with van der Waals surface area (Å²) < 4.78 is 5.50. The second kappa shape index (κ2) is 7.11. The number of allylic oxidation sites excluding steroid dienone is 1. The van der Waals surface area contributed by atoms with Gasteiger partial charge < -0.3 is 20.1 Å². The molecular formula is C27H32O6. The Hall–Kier alpha value is -2.28. The lowest BCUT2D eigenvalue weighted by Gasteiger charge is -2.48. The summed E-state index contributed by atoms with van der Waals surface area (Å²) in [5.41, 5.74) is -2.44. The van der Waals surface area contributed by atoms with Crippen molar-refractivity contribution < 1.29 is 29.6 Å². The topological polar surface area (TPSA) is 104 Å². The molecule has 176 valence electrons. The number of fused-ring (bicyclic) bond motifs is 3. The Bertz CT molecular complexity index is 1070. The zero-order valence-electron chi connectivity index (χ0n) is 19.5. The molecule has 3 N–H and O–H groups in total. The van der Waals surface area contributed by atoms with Crippen molar-refractivity contribution in [2.45, 2.75) is 51.9 Å². The fourth-order valence-electron chi connectivity index (χ4n) is 7.22. The molecule has 0 heterocycles. The zero-order chi connectivity index (χ0) is 23.9. The smallest absolute Gasteiger partial charge is 0.338 e. The average molecular weight is 453 g/mol. The Kier molecular flexibility index (Phi) is 4.85. The predicted octanol–water partition coefficient (Wildman–Crippen LogP) is 2.68. The molecule has 1 aromatic rings. The Labute approximate surface area is 194 Å². The zero-order valence-corrected chi connectivity index (χ0v) is 19.5. The van der Waals surface area contributed by atoms with Crippen LogP contribution >= 0.6 is 0 Å². The molecule has 6 nitrogen and oxygen atoms in total. The quantitative estimate of drug-likeness (QED) is 0.481. The van der Waals surface area contributed by atoms with Crippen molar-refractivity contribution in [1.82, 2.24) is 0 Å². The molecular weight excluding hydrogens is 420 g/mol. The third-order valence-electron chi connectivity index (χ3n) is 9.13. The maximum atomic E-state index is 14.2. The van der Waals surface area contributed by atoms with Gasteiger partial charge in [0.05, 0.1) is 11.0 Å². The summed E-state index contributed by atoms with van der Waals surface area (Å²) in [7, 11) is 0. The predicted molar refractivity (Wildman–Crippen MR) is 121 cm³/mol. The number of benzene rings is 1. The van der Waals surface area contributed by atoms with Crippen molar-refractivity contribution in [2.24, 2.45) is 34.5 Å². The van der Waals surface area contributed by atoms with Crippen molar-refractivity contribution in [3.8, 4) is 0 Å². The highest BCUT2D eigenvalue weighted by molar-refractivity contribution is 5.95. The Morgan fingerprint density at radius 2 is 1.82 bits per heavy atom. The van der Waals surface area contributed by atoms with Crippen LogP contribution in [0.15, 0.2) is 53.6 Å². The summed E-state index contributed by atoms with van der Waals surface area (Å²) in [6, 6.07) is 8.53. The number of carbonyl (C=O) groups excluding carboxylic acids is 2. The standard InChI is InChI=1S/C27H32O6/c1-14-12-26-15(2)10-19-20(25(19,3)4)18(23(26)30)11-17(22(29)27(26,32)21(14)28)13-33-24(31)16-8-6-5-7-9-16/h5-9,11-12,15,18-22,28-29,32H,10,13H2,1-4H3/t15-,18?,19-,20+,21?,22?,26?,27?/m1/s1. The van der Waals surface area contributed by atoms with Gasteiger partial charge in [0.15, 0.2) is 5.78 Å². The van der Waals surface area contributed by atoms with Crippen LogP contribution in [-0.4, -0.2) is 51.5 Å². The first-order valence-electron chi connectivity index (χ1n) is 11.7. The monoisotopic (exact) mass is 452 g/mol. The van der Waals surface area contributed by atoms with E-state index in [1.807, 2.05) is 6.92 Å². The first kappa shape index (κ1) is 22.5. The van der Waals surface area contributed by atoms with Crippen LogP contribution in [0, 0.1) is 34.5 Å². The molecule has 0 saturated heterocycles. The molecule has 8 atom stereocenters. The molecule has 4 aliphatic rings. The molecule has 4 aliphatic carbocycles. The van der Waals surface area contributed by atoms with E-state index in [1.165, 1.54) is 0 Å². The molecule has 0 aromatic heterocycles. The Balaban J connectivity index is 1.58. The lowest BCUT2D eigenvalue weighted by Crippen LogP contribution is -2.65. The number of esters is 1. The molecule has 1 aromatic carbocycles. The van der Waals surface area contributed by atoms with E-state index in [0.29, 0.717) is 17.1 Å². The van der Waals surface area contributed by atoms with Crippen LogP contribution in [0.5, 0.6) is 0 Å². The number of aliphatic hydroxyl groups excluding tert-OH is 2. The minimum atomic E-state index is -2.12. The third kappa shape index (κ3) is 2.77. The maximum absolute atomic E-state index is 14.2. The molecule has 33 heavy (non-hydrogen) atoms. The minimum Gasteiger partial charge on any atom is -0.457 e. The van der Waals surface area contributed by atoms with Crippen LogP contribution in [0.2, 0.25) is 0 Å². The molecule has 0 aliphatic heterocycles. The highest BCUT2D eigenvalue weighted by Gasteiger charge is 2.75. The number of hydrogen-bond acceptors (Lipinski definition) is 6. The van der Waals surface area contributed by atoms with E-state index in [0.717, 1.165) is 6.42 Å². The van der Waals surface area contributed by atoms with Gasteiger partial charge in [0.25, 0.3) is 0 Å². The van der Waals surface area contributed by atoms with Gasteiger partial charge >= 0.3 is 5.97 Å². The number of carbonyl (C=O) groups is 2. The molecule has 2 bridgehead atoms. The first-order valence-corrected chi connectivity index (χ1v) is 11.7. The highest BCUT2D eigenvalue weighted by atomic mass is 16.5. The van der Waals surface area contributed by atoms with E-state index < -0.39 is 35.1 Å². The molecule has 6 heteroatoms. The maximum Gasteiger partial charge on any atom is 0.338 e. The van der Waals surface area contributed by atoms with Crippen molar-refractivity contribution in [1.29, 1.82) is 0 Å². The van der Waals surface area contributed by atoms with Crippen LogP contribution in [0.1, 0.15) is 44.5 Å². The summed E-state index contributed by atoms with van der Waals surface area (Å²) in [5.74, 6) is -1.13. The van der Waals surface area contributed by atoms with Gasteiger partial charge in [-0.1, -0.05) is 51.1 Å². The lowest BCUT2D eigenvalue weighted by atomic mass is 9.59. The summed E-state index contributed by atoms with van der Waals surface area (Å²) in [4.78, 5) is 26.7. The Morgan fingerprint density at radius 3 is 2.48 bits per heavy atom. The minimum absolute atomic E-state index is 0.0398. The van der Waals surface area contributed by atoms with Crippen molar-refractivity contribution >= 4 is 11.8 Å². The molecule has 5 unspecified atom stereocenters. The SMILES string of the molecule is CC1=CC23C(=O)C(C=C(COC(=O)c4ccccc4)C(O)C2(O)C1O)[C@H]1[C@@H](C[C@H]3C)C1(C)C. The third-order valence-corrected chi connectivity index (χ3v) is 9.13. The number of aliphatic hydroxyl groups is 3. The van der Waals surface area contributed by atoms with E-state index in [4.69, 9.17) is 4.74 Å². The van der Waals surface area contributed by atoms with E-state index in [-0.39, 0.29) is 35.2 Å². The van der Waals surface area contributed by atoms with Crippen LogP contribution in [-0.2, 0) is 9.53 Å². The molecule has 2 fully saturated rings. The number of Topliss-reactive ketones (excluding diaryl/α,β-unsaturated/α-hetero) is 1. The van der Waals surface area contributed by atoms with Crippen molar-refractivity contribution in [3.63, 3.8) is 0 Å². The van der Waals surface area contributed by atoms with Gasteiger partial charge in [-0.2, -0.15) is 0 Å². The fourth-order valence-corrected chi connectivity index (χ4v) is 7.22. The van der Waals surface area contributed by atoms with Gasteiger partial charge in [-0.25, -0.2) is 4.79 Å². The normalized spacial score (nSPS) is 42.8. The van der Waals surface area contributed by atoms with Gasteiger partial charge in [0, 0.05) is 5.92 Å². The van der Waals surface area contributed by atoms with Crippen LogP contribution < -0.4 is 0 Å². The van der Waals surface area contributed by atoms with Gasteiger partial charge in [-0.3, -0.25) is 4.79 Å². The summed E-state index contributed by atoms with van der Waals surface area (Å²) in [6.07, 6.45) is 1.19. The van der Waals surface area contributed by atoms with Crippen LogP contribution in [0.3, 0.4) is 0 Å². The van der Waals surface area contributed by atoms with E-state index in [1.54, 1.807) is 49.4 Å². The highest BCUT2D eigenvalue weighted by Crippen LogP contribution is 2.71. The Morgan fingerprint density at radius 1 is 1.15 bits per heavy atom. The summed E-state index contributed by atoms with van der Waals surface area (Å²) in [5, 5.41) is 34.6. The van der Waals surface area contributed by atoms with Gasteiger partial charge in [0.1, 0.15) is 24.4 Å². The van der Waals surface area contributed by atoms with Crippen LogP contribution in [0.25, 0.3) is 0 Å². The van der Waals surface area contributed by atoms with Gasteiger partial charge in [0.2, 0.25) is 0 Å². The summed E-state index contributed by atoms with van der Waals surface area (Å²) in [6.45, 7) is 7.66. The number of hydrogen-bond donors (Lipinski definition) is 3. The van der Waals surface area contributed by atoms with E-state index in [9.17, 15) is 24.9 Å². The number of ether oxygens (including phenoxy) is 1. The number of ketones is 1. The van der Waals surface area contributed by atoms with Crippen LogP contribution in [0.4, 0.5) is 0 Å². The summed E-state index contributed by atoms with van der Waals surface area (Å²) >= 11 is 0. The average Bonchev–Trinajstić information content (AvgIpc) is 3.29. The molecule has 0 amide bonds. The molecule has 0 radical (unpaired) electrons. The second-order valence-corrected chi connectivity index (χ2v) is 11.1. The molecule has 5 rings (SSSR count). The lowest BCUT2D eigenvalue weighted by molar-refractivity contribution is -0.190. The second-order valence-electron chi connectivity index (χ2n) is 11.1. The molecule has 2 saturated carbocycles. The largest absolute Gasteiger partial charge is 0.457 e. The van der Waals surface area contributed by atoms with Crippen molar-refractivity contribution in [3.05, 3.63) is 59.2 Å². The first-order chi connectivity index (χ1) is 15.5. The fraction of sp³-hybridized carbons (Fsp3) is 0.556. The van der Waals surface area contributed by atoms with Gasteiger partial charge in [-0.05, 0) is 59.8 Å². The van der Waals surface area contributed by atoms with E-state index in [2.05, 4.69) is 13.8 Å². The van der Waals surface area contributed by atoms with Gasteiger partial charge in [-0.15, -0.1) is 0 Å². The van der Waals surface area contributed by atoms with E-state index >= 15 is 0 Å². The van der Waals surface area contributed by atoms with Crippen molar-refractivity contribution in [2.75, 3.05) is 6.61 Å². The molecule has 1 spiro atoms. The number of rotatable bonds is 3.